The summed E-state index contributed by atoms with van der Waals surface area (Å²) in [6.07, 6.45) is 0. The molecular formula is C16H23NO. The van der Waals surface area contributed by atoms with Gasteiger partial charge in [0.05, 0.1) is 6.54 Å². The molecule has 0 fully saturated rings. The monoisotopic (exact) mass is 245 g/mol. The molecule has 2 nitrogen and oxygen atoms in total. The highest BCUT2D eigenvalue weighted by atomic mass is 16.3. The van der Waals surface area contributed by atoms with Crippen molar-refractivity contribution in [2.45, 2.75) is 53.1 Å². The van der Waals surface area contributed by atoms with Gasteiger partial charge in [0.15, 0.2) is 0 Å². The molecule has 0 aliphatic carbocycles. The van der Waals surface area contributed by atoms with E-state index in [0.29, 0.717) is 12.0 Å². The van der Waals surface area contributed by atoms with Crippen molar-refractivity contribution in [3.63, 3.8) is 0 Å². The lowest BCUT2D eigenvalue weighted by Crippen LogP contribution is -2.21. The van der Waals surface area contributed by atoms with Crippen molar-refractivity contribution in [3.8, 4) is 0 Å². The Morgan fingerprint density at radius 1 is 1.17 bits per heavy atom. The van der Waals surface area contributed by atoms with E-state index in [-0.39, 0.29) is 0 Å². The number of aryl methyl sites for hydroxylation is 1. The number of benzene rings is 1. The van der Waals surface area contributed by atoms with Crippen LogP contribution in [-0.2, 0) is 6.54 Å². The van der Waals surface area contributed by atoms with Gasteiger partial charge in [0.2, 0.25) is 0 Å². The molecule has 0 spiro atoms. The van der Waals surface area contributed by atoms with E-state index in [1.165, 1.54) is 16.5 Å². The largest absolute Gasteiger partial charge is 0.459 e. The van der Waals surface area contributed by atoms with Gasteiger partial charge in [-0.1, -0.05) is 33.8 Å². The lowest BCUT2D eigenvalue weighted by molar-refractivity contribution is 0.485. The second-order valence-electron chi connectivity index (χ2n) is 5.60. The number of hydrogen-bond donors (Lipinski definition) is 1. The van der Waals surface area contributed by atoms with Gasteiger partial charge in [-0.3, -0.25) is 0 Å². The van der Waals surface area contributed by atoms with Crippen LogP contribution in [0.5, 0.6) is 0 Å². The van der Waals surface area contributed by atoms with Crippen molar-refractivity contribution in [3.05, 3.63) is 35.1 Å². The highest BCUT2D eigenvalue weighted by Crippen LogP contribution is 2.28. The zero-order chi connectivity index (χ0) is 13.3. The molecule has 0 saturated carbocycles. The summed E-state index contributed by atoms with van der Waals surface area (Å²) in [5.74, 6) is 1.61. The fraction of sp³-hybridized carbons (Fsp3) is 0.500. The minimum absolute atomic E-state index is 0.476. The number of nitrogens with one attached hydrogen (secondary N) is 1. The third-order valence-electron chi connectivity index (χ3n) is 3.40. The van der Waals surface area contributed by atoms with E-state index in [4.69, 9.17) is 4.42 Å². The van der Waals surface area contributed by atoms with Gasteiger partial charge in [0, 0.05) is 11.4 Å². The molecule has 0 saturated heterocycles. The van der Waals surface area contributed by atoms with Crippen molar-refractivity contribution in [1.29, 1.82) is 0 Å². The lowest BCUT2D eigenvalue weighted by Gasteiger charge is -2.06. The molecule has 2 heteroatoms. The van der Waals surface area contributed by atoms with Gasteiger partial charge in [-0.25, -0.2) is 0 Å². The summed E-state index contributed by atoms with van der Waals surface area (Å²) < 4.78 is 5.92. The number of hydrogen-bond acceptors (Lipinski definition) is 2. The Kier molecular flexibility index (Phi) is 3.76. The number of fused-ring (bicyclic) bond motifs is 1. The van der Waals surface area contributed by atoms with Gasteiger partial charge in [-0.05, 0) is 36.1 Å². The Morgan fingerprint density at radius 3 is 2.50 bits per heavy atom. The molecule has 0 aliphatic heterocycles. The molecule has 1 N–H and O–H groups in total. The second kappa shape index (κ2) is 5.15. The van der Waals surface area contributed by atoms with Crippen LogP contribution in [0.3, 0.4) is 0 Å². The number of rotatable bonds is 4. The predicted octanol–water partition coefficient (Wildman–Crippen LogP) is 4.36. The fourth-order valence-electron chi connectivity index (χ4n) is 2.11. The summed E-state index contributed by atoms with van der Waals surface area (Å²) in [4.78, 5) is 0. The van der Waals surface area contributed by atoms with Crippen molar-refractivity contribution < 1.29 is 4.42 Å². The molecule has 0 amide bonds. The quantitative estimate of drug-likeness (QED) is 0.865. The van der Waals surface area contributed by atoms with E-state index >= 15 is 0 Å². The smallest absolute Gasteiger partial charge is 0.134 e. The van der Waals surface area contributed by atoms with E-state index < -0.39 is 0 Å². The van der Waals surface area contributed by atoms with Gasteiger partial charge in [0.1, 0.15) is 11.3 Å². The van der Waals surface area contributed by atoms with Crippen LogP contribution in [0.15, 0.2) is 22.6 Å². The highest BCUT2D eigenvalue weighted by molar-refractivity contribution is 5.82. The summed E-state index contributed by atoms with van der Waals surface area (Å²) in [6, 6.07) is 6.99. The first-order valence-corrected chi connectivity index (χ1v) is 6.74. The van der Waals surface area contributed by atoms with Crippen LogP contribution in [0.1, 0.15) is 50.5 Å². The molecule has 0 radical (unpaired) electrons. The first-order chi connectivity index (χ1) is 8.49. The standard InChI is InChI=1S/C16H23NO/c1-10(2)13-6-7-15-14(8-13)12(5)16(18-15)9-17-11(3)4/h6-8,10-11,17H,9H2,1-5H3. The maximum absolute atomic E-state index is 5.92. The normalized spacial score (nSPS) is 11.9. The molecule has 1 heterocycles. The van der Waals surface area contributed by atoms with E-state index in [1.807, 2.05) is 0 Å². The molecule has 0 atom stereocenters. The van der Waals surface area contributed by atoms with Gasteiger partial charge in [-0.15, -0.1) is 0 Å². The second-order valence-corrected chi connectivity index (χ2v) is 5.60. The van der Waals surface area contributed by atoms with Crippen LogP contribution in [0.25, 0.3) is 11.0 Å². The van der Waals surface area contributed by atoms with E-state index in [0.717, 1.165) is 17.9 Å². The van der Waals surface area contributed by atoms with Crippen molar-refractivity contribution in [2.75, 3.05) is 0 Å². The highest BCUT2D eigenvalue weighted by Gasteiger charge is 2.11. The summed E-state index contributed by atoms with van der Waals surface area (Å²) in [5.41, 5.74) is 3.63. The lowest BCUT2D eigenvalue weighted by atomic mass is 10.0. The summed E-state index contributed by atoms with van der Waals surface area (Å²) in [7, 11) is 0. The van der Waals surface area contributed by atoms with Crippen molar-refractivity contribution in [2.24, 2.45) is 0 Å². The zero-order valence-electron chi connectivity index (χ0n) is 12.0. The van der Waals surface area contributed by atoms with Crippen LogP contribution in [0.2, 0.25) is 0 Å². The van der Waals surface area contributed by atoms with Gasteiger partial charge in [0.25, 0.3) is 0 Å². The molecule has 2 aromatic rings. The van der Waals surface area contributed by atoms with Crippen LogP contribution >= 0.6 is 0 Å². The van der Waals surface area contributed by atoms with Gasteiger partial charge < -0.3 is 9.73 Å². The predicted molar refractivity (Wildman–Crippen MR) is 77.0 cm³/mol. The van der Waals surface area contributed by atoms with E-state index in [1.54, 1.807) is 0 Å². The van der Waals surface area contributed by atoms with Gasteiger partial charge >= 0.3 is 0 Å². The minimum atomic E-state index is 0.476. The van der Waals surface area contributed by atoms with Crippen LogP contribution in [0.4, 0.5) is 0 Å². The summed E-state index contributed by atoms with van der Waals surface area (Å²) in [5, 5.41) is 4.66. The number of furan rings is 1. The molecule has 0 unspecified atom stereocenters. The molecule has 18 heavy (non-hydrogen) atoms. The molecule has 1 aromatic carbocycles. The van der Waals surface area contributed by atoms with Crippen molar-refractivity contribution in [1.82, 2.24) is 5.32 Å². The Balaban J connectivity index is 2.37. The Labute approximate surface area is 109 Å². The summed E-state index contributed by atoms with van der Waals surface area (Å²) >= 11 is 0. The molecule has 1 aromatic heterocycles. The Hall–Kier alpha value is -1.28. The average molecular weight is 245 g/mol. The molecule has 98 valence electrons. The summed E-state index contributed by atoms with van der Waals surface area (Å²) in [6.45, 7) is 11.7. The minimum Gasteiger partial charge on any atom is -0.459 e. The molecule has 0 aliphatic rings. The Morgan fingerprint density at radius 2 is 1.89 bits per heavy atom. The average Bonchev–Trinajstić information content (AvgIpc) is 2.63. The fourth-order valence-corrected chi connectivity index (χ4v) is 2.11. The van der Waals surface area contributed by atoms with Crippen molar-refractivity contribution >= 4 is 11.0 Å². The third kappa shape index (κ3) is 2.59. The third-order valence-corrected chi connectivity index (χ3v) is 3.40. The van der Waals surface area contributed by atoms with Crippen LogP contribution in [0, 0.1) is 6.92 Å². The first-order valence-electron chi connectivity index (χ1n) is 6.74. The van der Waals surface area contributed by atoms with E-state index in [9.17, 15) is 0 Å². The topological polar surface area (TPSA) is 25.2 Å². The SMILES string of the molecule is Cc1c(CNC(C)C)oc2ccc(C(C)C)cc12. The molecular weight excluding hydrogens is 222 g/mol. The molecule has 0 bridgehead atoms. The van der Waals surface area contributed by atoms with E-state index in [2.05, 4.69) is 58.1 Å². The molecule has 2 rings (SSSR count). The van der Waals surface area contributed by atoms with Crippen LogP contribution < -0.4 is 5.32 Å². The van der Waals surface area contributed by atoms with Crippen LogP contribution in [-0.4, -0.2) is 6.04 Å². The van der Waals surface area contributed by atoms with Gasteiger partial charge in [-0.2, -0.15) is 0 Å². The zero-order valence-corrected chi connectivity index (χ0v) is 12.0. The first kappa shape index (κ1) is 13.2. The Bertz CT molecular complexity index is 537. The maximum atomic E-state index is 5.92. The maximum Gasteiger partial charge on any atom is 0.134 e.